The van der Waals surface area contributed by atoms with Crippen molar-refractivity contribution in [3.8, 4) is 11.5 Å². The van der Waals surface area contributed by atoms with Crippen LogP contribution in [-0.4, -0.2) is 32.0 Å². The van der Waals surface area contributed by atoms with Gasteiger partial charge in [-0.25, -0.2) is 0 Å². The van der Waals surface area contributed by atoms with Gasteiger partial charge in [-0.3, -0.25) is 0 Å². The number of hydrogen-bond acceptors (Lipinski definition) is 4. The highest BCUT2D eigenvalue weighted by Gasteiger charge is 2.34. The van der Waals surface area contributed by atoms with Crippen LogP contribution >= 0.6 is 0 Å². The van der Waals surface area contributed by atoms with Crippen LogP contribution in [0.2, 0.25) is 0 Å². The van der Waals surface area contributed by atoms with Gasteiger partial charge in [0.15, 0.2) is 11.5 Å². The second-order valence-electron chi connectivity index (χ2n) is 6.65. The van der Waals surface area contributed by atoms with Crippen LogP contribution in [0, 0.1) is 12.3 Å². The minimum Gasteiger partial charge on any atom is -0.493 e. The maximum atomic E-state index is 10.3. The van der Waals surface area contributed by atoms with Gasteiger partial charge in [0.25, 0.3) is 0 Å². The van der Waals surface area contributed by atoms with Gasteiger partial charge < -0.3 is 19.9 Å². The Morgan fingerprint density at radius 1 is 1.23 bits per heavy atom. The Balaban J connectivity index is 1.99. The fourth-order valence-electron chi connectivity index (χ4n) is 3.28. The van der Waals surface area contributed by atoms with Gasteiger partial charge in [0, 0.05) is 18.5 Å². The Hall–Kier alpha value is -1.26. The van der Waals surface area contributed by atoms with E-state index in [-0.39, 0.29) is 11.5 Å². The molecule has 0 saturated heterocycles. The maximum Gasteiger partial charge on any atom is 0.161 e. The molecule has 0 radical (unpaired) electrons. The Bertz CT molecular complexity index is 503. The lowest BCUT2D eigenvalue weighted by molar-refractivity contribution is 0.00114. The van der Waals surface area contributed by atoms with E-state index in [2.05, 4.69) is 19.2 Å². The number of rotatable bonds is 6. The summed E-state index contributed by atoms with van der Waals surface area (Å²) in [6, 6.07) is 4.04. The molecule has 22 heavy (non-hydrogen) atoms. The summed E-state index contributed by atoms with van der Waals surface area (Å²) in [6.45, 7) is 5.87. The summed E-state index contributed by atoms with van der Waals surface area (Å²) in [7, 11) is 3.31. The molecule has 0 bridgehead atoms. The molecule has 0 amide bonds. The summed E-state index contributed by atoms with van der Waals surface area (Å²) < 4.78 is 10.7. The lowest BCUT2D eigenvalue weighted by atomic mass is 9.73. The monoisotopic (exact) mass is 307 g/mol. The minimum atomic E-state index is -0.194. The van der Waals surface area contributed by atoms with E-state index < -0.39 is 0 Å². The van der Waals surface area contributed by atoms with E-state index in [1.165, 1.54) is 17.5 Å². The van der Waals surface area contributed by atoms with Gasteiger partial charge in [-0.1, -0.05) is 19.8 Å². The number of benzene rings is 1. The van der Waals surface area contributed by atoms with E-state index in [0.717, 1.165) is 43.9 Å². The molecule has 2 N–H and O–H groups in total. The average Bonchev–Trinajstić information content (AvgIpc) is 2.51. The first-order valence-corrected chi connectivity index (χ1v) is 8.10. The van der Waals surface area contributed by atoms with Crippen LogP contribution in [0.1, 0.15) is 43.7 Å². The molecule has 1 saturated carbocycles. The molecule has 124 valence electrons. The molecule has 1 aliphatic carbocycles. The number of methoxy groups -OCH3 is 2. The molecule has 1 aromatic carbocycles. The van der Waals surface area contributed by atoms with Crippen LogP contribution in [0.25, 0.3) is 0 Å². The van der Waals surface area contributed by atoms with Crippen molar-refractivity contribution in [1.29, 1.82) is 0 Å². The second kappa shape index (κ2) is 7.34. The van der Waals surface area contributed by atoms with Gasteiger partial charge in [-0.05, 0) is 43.0 Å². The fraction of sp³-hybridized carbons (Fsp3) is 0.667. The highest BCUT2D eigenvalue weighted by Crippen LogP contribution is 2.35. The van der Waals surface area contributed by atoms with E-state index in [1.54, 1.807) is 14.2 Å². The molecule has 2 rings (SSSR count). The lowest BCUT2D eigenvalue weighted by Crippen LogP contribution is -2.43. The molecular formula is C18H29NO3. The molecule has 1 aliphatic rings. The predicted octanol–water partition coefficient (Wildman–Crippen LogP) is 3.04. The second-order valence-corrected chi connectivity index (χ2v) is 6.65. The standard InChI is InChI=1S/C18H29NO3/c1-13-9-15(21-3)16(22-4)10-14(13)11-19-12-18(2)8-6-5-7-17(18)20/h9-10,17,19-20H,5-8,11-12H2,1-4H3. The van der Waals surface area contributed by atoms with Gasteiger partial charge in [-0.15, -0.1) is 0 Å². The summed E-state index contributed by atoms with van der Waals surface area (Å²) in [5.41, 5.74) is 2.37. The van der Waals surface area contributed by atoms with Crippen molar-refractivity contribution in [1.82, 2.24) is 5.32 Å². The quantitative estimate of drug-likeness (QED) is 0.848. The van der Waals surface area contributed by atoms with Crippen LogP contribution < -0.4 is 14.8 Å². The molecule has 1 aromatic rings. The minimum absolute atomic E-state index is 0.0112. The van der Waals surface area contributed by atoms with E-state index in [1.807, 2.05) is 12.1 Å². The summed E-state index contributed by atoms with van der Waals surface area (Å²) in [6.07, 6.45) is 4.18. The molecule has 0 heterocycles. The number of aliphatic hydroxyl groups is 1. The van der Waals surface area contributed by atoms with Gasteiger partial charge in [0.2, 0.25) is 0 Å². The topological polar surface area (TPSA) is 50.7 Å². The average molecular weight is 307 g/mol. The first-order chi connectivity index (χ1) is 10.5. The summed E-state index contributed by atoms with van der Waals surface area (Å²) in [5.74, 6) is 1.52. The molecule has 0 aliphatic heterocycles. The molecule has 1 fully saturated rings. The molecule has 4 nitrogen and oxygen atoms in total. The Morgan fingerprint density at radius 2 is 1.91 bits per heavy atom. The lowest BCUT2D eigenvalue weighted by Gasteiger charge is -2.38. The maximum absolute atomic E-state index is 10.3. The van der Waals surface area contributed by atoms with Crippen LogP contribution in [0.3, 0.4) is 0 Å². The normalized spacial score (nSPS) is 25.0. The van der Waals surface area contributed by atoms with Gasteiger partial charge in [0.1, 0.15) is 0 Å². The van der Waals surface area contributed by atoms with Crippen molar-refractivity contribution in [2.75, 3.05) is 20.8 Å². The number of hydrogen-bond donors (Lipinski definition) is 2. The molecule has 0 aromatic heterocycles. The highest BCUT2D eigenvalue weighted by atomic mass is 16.5. The Labute approximate surface area is 133 Å². The zero-order valence-electron chi connectivity index (χ0n) is 14.2. The summed E-state index contributed by atoms with van der Waals surface area (Å²) in [4.78, 5) is 0. The van der Waals surface area contributed by atoms with E-state index in [9.17, 15) is 5.11 Å². The van der Waals surface area contributed by atoms with Crippen molar-refractivity contribution >= 4 is 0 Å². The largest absolute Gasteiger partial charge is 0.493 e. The Morgan fingerprint density at radius 3 is 2.55 bits per heavy atom. The third kappa shape index (κ3) is 3.73. The summed E-state index contributed by atoms with van der Waals surface area (Å²) in [5, 5.41) is 13.8. The zero-order valence-corrected chi connectivity index (χ0v) is 14.2. The molecule has 2 unspecified atom stereocenters. The smallest absolute Gasteiger partial charge is 0.161 e. The number of aliphatic hydroxyl groups excluding tert-OH is 1. The van der Waals surface area contributed by atoms with Crippen molar-refractivity contribution in [3.05, 3.63) is 23.3 Å². The van der Waals surface area contributed by atoms with Crippen molar-refractivity contribution < 1.29 is 14.6 Å². The fourth-order valence-corrected chi connectivity index (χ4v) is 3.28. The first kappa shape index (κ1) is 17.1. The van der Waals surface area contributed by atoms with E-state index in [0.29, 0.717) is 0 Å². The third-order valence-corrected chi connectivity index (χ3v) is 4.97. The molecule has 0 spiro atoms. The van der Waals surface area contributed by atoms with Crippen LogP contribution in [0.4, 0.5) is 0 Å². The van der Waals surface area contributed by atoms with Crippen molar-refractivity contribution in [2.24, 2.45) is 5.41 Å². The van der Waals surface area contributed by atoms with Gasteiger partial charge >= 0.3 is 0 Å². The first-order valence-electron chi connectivity index (χ1n) is 8.10. The number of nitrogens with one attached hydrogen (secondary N) is 1. The number of aryl methyl sites for hydroxylation is 1. The molecular weight excluding hydrogens is 278 g/mol. The van der Waals surface area contributed by atoms with Crippen LogP contribution in [0.15, 0.2) is 12.1 Å². The van der Waals surface area contributed by atoms with E-state index in [4.69, 9.17) is 9.47 Å². The molecule has 4 heteroatoms. The highest BCUT2D eigenvalue weighted by molar-refractivity contribution is 5.47. The zero-order chi connectivity index (χ0) is 16.2. The Kier molecular flexibility index (Phi) is 5.70. The third-order valence-electron chi connectivity index (χ3n) is 4.97. The molecule has 2 atom stereocenters. The van der Waals surface area contributed by atoms with Gasteiger partial charge in [0.05, 0.1) is 20.3 Å². The SMILES string of the molecule is COc1cc(C)c(CNCC2(C)CCCCC2O)cc1OC. The van der Waals surface area contributed by atoms with Crippen molar-refractivity contribution in [3.63, 3.8) is 0 Å². The van der Waals surface area contributed by atoms with Crippen molar-refractivity contribution in [2.45, 2.75) is 52.2 Å². The number of ether oxygens (including phenoxy) is 2. The van der Waals surface area contributed by atoms with Crippen LogP contribution in [0.5, 0.6) is 11.5 Å². The predicted molar refractivity (Wildman–Crippen MR) is 88.6 cm³/mol. The van der Waals surface area contributed by atoms with Gasteiger partial charge in [-0.2, -0.15) is 0 Å². The van der Waals surface area contributed by atoms with E-state index >= 15 is 0 Å². The summed E-state index contributed by atoms with van der Waals surface area (Å²) >= 11 is 0. The van der Waals surface area contributed by atoms with Crippen LogP contribution in [-0.2, 0) is 6.54 Å².